The third-order valence-corrected chi connectivity index (χ3v) is 1.87. The molecule has 1 N–H and O–H groups in total. The van der Waals surface area contributed by atoms with Crippen LogP contribution in [0.25, 0.3) is 0 Å². The van der Waals surface area contributed by atoms with Gasteiger partial charge in [-0.25, -0.2) is 0 Å². The van der Waals surface area contributed by atoms with Gasteiger partial charge >= 0.3 is 0 Å². The van der Waals surface area contributed by atoms with Crippen LogP contribution < -0.4 is 0 Å². The van der Waals surface area contributed by atoms with Crippen LogP contribution in [0.2, 0.25) is 0 Å². The van der Waals surface area contributed by atoms with E-state index in [4.69, 9.17) is 5.11 Å². The Balaban J connectivity index is 3.86. The molecule has 10 heavy (non-hydrogen) atoms. The lowest BCUT2D eigenvalue weighted by atomic mass is 10.0. The summed E-state index contributed by atoms with van der Waals surface area (Å²) in [4.78, 5) is 0. The zero-order chi connectivity index (χ0) is 8.15. The van der Waals surface area contributed by atoms with Gasteiger partial charge in [-0.2, -0.15) is 0 Å². The first-order valence-corrected chi connectivity index (χ1v) is 3.93. The average molecular weight is 142 g/mol. The van der Waals surface area contributed by atoms with Gasteiger partial charge in [0, 0.05) is 0 Å². The second-order valence-corrected chi connectivity index (χ2v) is 2.97. The highest BCUT2D eigenvalue weighted by atomic mass is 16.3. The highest BCUT2D eigenvalue weighted by Crippen LogP contribution is 2.09. The van der Waals surface area contributed by atoms with Gasteiger partial charge in [0.2, 0.25) is 0 Å². The SMILES string of the molecule is CC/C(C)=C/C(C)C(C)O. The molecule has 60 valence electrons. The maximum atomic E-state index is 9.12. The Morgan fingerprint density at radius 1 is 1.50 bits per heavy atom. The molecule has 0 heterocycles. The van der Waals surface area contributed by atoms with Gasteiger partial charge in [0.25, 0.3) is 0 Å². The van der Waals surface area contributed by atoms with Gasteiger partial charge in [-0.3, -0.25) is 0 Å². The van der Waals surface area contributed by atoms with Crippen LogP contribution in [0.5, 0.6) is 0 Å². The number of aliphatic hydroxyl groups is 1. The molecule has 0 amide bonds. The molecule has 0 fully saturated rings. The van der Waals surface area contributed by atoms with Crippen molar-refractivity contribution in [2.24, 2.45) is 5.92 Å². The summed E-state index contributed by atoms with van der Waals surface area (Å²) >= 11 is 0. The first-order chi connectivity index (χ1) is 4.57. The molecule has 0 aromatic heterocycles. The predicted molar refractivity (Wildman–Crippen MR) is 44.9 cm³/mol. The molecule has 0 spiro atoms. The van der Waals surface area contributed by atoms with Crippen molar-refractivity contribution >= 4 is 0 Å². The third-order valence-electron chi connectivity index (χ3n) is 1.87. The van der Waals surface area contributed by atoms with Crippen molar-refractivity contribution in [1.29, 1.82) is 0 Å². The van der Waals surface area contributed by atoms with Crippen LogP contribution in [-0.4, -0.2) is 11.2 Å². The maximum Gasteiger partial charge on any atom is 0.0572 e. The maximum absolute atomic E-state index is 9.12. The number of allylic oxidation sites excluding steroid dienone is 1. The minimum atomic E-state index is -0.221. The minimum absolute atomic E-state index is 0.221. The topological polar surface area (TPSA) is 20.2 Å². The fourth-order valence-electron chi connectivity index (χ4n) is 0.706. The lowest BCUT2D eigenvalue weighted by Crippen LogP contribution is -2.10. The fraction of sp³-hybridized carbons (Fsp3) is 0.778. The minimum Gasteiger partial charge on any atom is -0.393 e. The van der Waals surface area contributed by atoms with Crippen LogP contribution in [-0.2, 0) is 0 Å². The first-order valence-electron chi connectivity index (χ1n) is 3.93. The Labute approximate surface area is 63.8 Å². The molecule has 1 heteroatoms. The summed E-state index contributed by atoms with van der Waals surface area (Å²) in [5.74, 6) is 0.292. The average Bonchev–Trinajstić information content (AvgIpc) is 1.87. The molecule has 1 nitrogen and oxygen atoms in total. The van der Waals surface area contributed by atoms with Crippen LogP contribution >= 0.6 is 0 Å². The van der Waals surface area contributed by atoms with Crippen LogP contribution in [0.15, 0.2) is 11.6 Å². The third kappa shape index (κ3) is 3.67. The molecular weight excluding hydrogens is 124 g/mol. The van der Waals surface area contributed by atoms with Gasteiger partial charge < -0.3 is 5.11 Å². The zero-order valence-electron chi connectivity index (χ0n) is 7.39. The summed E-state index contributed by atoms with van der Waals surface area (Å²) in [6.45, 7) is 8.08. The Bertz CT molecular complexity index is 114. The second-order valence-electron chi connectivity index (χ2n) is 2.97. The smallest absolute Gasteiger partial charge is 0.0572 e. The van der Waals surface area contributed by atoms with Crippen molar-refractivity contribution in [3.05, 3.63) is 11.6 Å². The van der Waals surface area contributed by atoms with E-state index in [1.54, 1.807) is 0 Å². The number of hydrogen-bond acceptors (Lipinski definition) is 1. The van der Waals surface area contributed by atoms with Crippen LogP contribution in [0.3, 0.4) is 0 Å². The Kier molecular flexibility index (Phi) is 4.37. The summed E-state index contributed by atoms with van der Waals surface area (Å²) in [7, 11) is 0. The highest BCUT2D eigenvalue weighted by molar-refractivity contribution is 5.00. The molecule has 0 saturated heterocycles. The van der Waals surface area contributed by atoms with Crippen LogP contribution in [0.4, 0.5) is 0 Å². The van der Waals surface area contributed by atoms with E-state index in [1.165, 1.54) is 5.57 Å². The standard InChI is InChI=1S/C9H18O/c1-5-7(2)6-8(3)9(4)10/h6,8-10H,5H2,1-4H3/b7-6+. The van der Waals surface area contributed by atoms with E-state index >= 15 is 0 Å². The van der Waals surface area contributed by atoms with E-state index in [-0.39, 0.29) is 6.10 Å². The van der Waals surface area contributed by atoms with Gasteiger partial charge in [0.15, 0.2) is 0 Å². The van der Waals surface area contributed by atoms with E-state index in [1.807, 2.05) is 13.8 Å². The highest BCUT2D eigenvalue weighted by Gasteiger charge is 2.03. The molecule has 0 bridgehead atoms. The normalized spacial score (nSPS) is 18.7. The monoisotopic (exact) mass is 142 g/mol. The quantitative estimate of drug-likeness (QED) is 0.600. The van der Waals surface area contributed by atoms with Crippen LogP contribution in [0.1, 0.15) is 34.1 Å². The summed E-state index contributed by atoms with van der Waals surface area (Å²) < 4.78 is 0. The van der Waals surface area contributed by atoms with Crippen molar-refractivity contribution in [1.82, 2.24) is 0 Å². The van der Waals surface area contributed by atoms with Crippen molar-refractivity contribution in [3.8, 4) is 0 Å². The van der Waals surface area contributed by atoms with E-state index < -0.39 is 0 Å². The first kappa shape index (κ1) is 9.70. The molecule has 0 aliphatic carbocycles. The fourth-order valence-corrected chi connectivity index (χ4v) is 0.706. The van der Waals surface area contributed by atoms with Crippen molar-refractivity contribution < 1.29 is 5.11 Å². The van der Waals surface area contributed by atoms with Crippen LogP contribution in [0, 0.1) is 5.92 Å². The molecule has 0 saturated carbocycles. The molecule has 2 unspecified atom stereocenters. The molecule has 0 aromatic carbocycles. The second kappa shape index (κ2) is 4.51. The molecular formula is C9H18O. The number of aliphatic hydroxyl groups excluding tert-OH is 1. The lowest BCUT2D eigenvalue weighted by Gasteiger charge is -2.10. The largest absolute Gasteiger partial charge is 0.393 e. The molecule has 0 aliphatic heterocycles. The van der Waals surface area contributed by atoms with Gasteiger partial charge in [-0.15, -0.1) is 0 Å². The molecule has 0 aromatic rings. The molecule has 0 rings (SSSR count). The predicted octanol–water partition coefficient (Wildman–Crippen LogP) is 2.36. The Hall–Kier alpha value is -0.300. The molecule has 0 radical (unpaired) electrons. The van der Waals surface area contributed by atoms with E-state index in [0.717, 1.165) is 6.42 Å². The Morgan fingerprint density at radius 3 is 2.30 bits per heavy atom. The Morgan fingerprint density at radius 2 is 2.00 bits per heavy atom. The van der Waals surface area contributed by atoms with Crippen molar-refractivity contribution in [2.45, 2.75) is 40.2 Å². The molecule has 0 aliphatic rings. The van der Waals surface area contributed by atoms with E-state index in [2.05, 4.69) is 19.9 Å². The lowest BCUT2D eigenvalue weighted by molar-refractivity contribution is 0.157. The van der Waals surface area contributed by atoms with E-state index in [9.17, 15) is 0 Å². The summed E-state index contributed by atoms with van der Waals surface area (Å²) in [5, 5.41) is 9.12. The molecule has 2 atom stereocenters. The summed E-state index contributed by atoms with van der Waals surface area (Å²) in [5.41, 5.74) is 1.36. The number of rotatable bonds is 3. The van der Waals surface area contributed by atoms with Gasteiger partial charge in [-0.05, 0) is 26.2 Å². The van der Waals surface area contributed by atoms with E-state index in [0.29, 0.717) is 5.92 Å². The van der Waals surface area contributed by atoms with Crippen molar-refractivity contribution in [3.63, 3.8) is 0 Å². The summed E-state index contributed by atoms with van der Waals surface area (Å²) in [6.07, 6.45) is 2.99. The van der Waals surface area contributed by atoms with Crippen molar-refractivity contribution in [2.75, 3.05) is 0 Å². The van der Waals surface area contributed by atoms with Gasteiger partial charge in [0.1, 0.15) is 0 Å². The van der Waals surface area contributed by atoms with Gasteiger partial charge in [-0.1, -0.05) is 25.5 Å². The summed E-state index contributed by atoms with van der Waals surface area (Å²) in [6, 6.07) is 0. The number of hydrogen-bond donors (Lipinski definition) is 1. The van der Waals surface area contributed by atoms with Gasteiger partial charge in [0.05, 0.1) is 6.10 Å². The zero-order valence-corrected chi connectivity index (χ0v) is 7.39.